The summed E-state index contributed by atoms with van der Waals surface area (Å²) in [5, 5.41) is 0.542. The third kappa shape index (κ3) is 6.53. The summed E-state index contributed by atoms with van der Waals surface area (Å²) in [4.78, 5) is 33.2. The second kappa shape index (κ2) is 14.1. The molecule has 1 aliphatic heterocycles. The van der Waals surface area contributed by atoms with E-state index < -0.39 is 12.0 Å². The van der Waals surface area contributed by atoms with Gasteiger partial charge in [0.05, 0.1) is 39.1 Å². The number of carbonyl (C=O) groups is 1. The summed E-state index contributed by atoms with van der Waals surface area (Å²) < 4.78 is 20.2. The number of thiazole rings is 1. The Morgan fingerprint density at radius 2 is 1.72 bits per heavy atom. The van der Waals surface area contributed by atoms with Crippen molar-refractivity contribution in [1.29, 1.82) is 0 Å². The van der Waals surface area contributed by atoms with Gasteiger partial charge in [0.1, 0.15) is 6.61 Å². The molecule has 6 rings (SSSR count). The lowest BCUT2D eigenvalue weighted by Gasteiger charge is -2.25. The van der Waals surface area contributed by atoms with E-state index in [1.165, 1.54) is 11.3 Å². The van der Waals surface area contributed by atoms with Gasteiger partial charge in [0.15, 0.2) is 16.3 Å². The average Bonchev–Trinajstić information content (AvgIpc) is 3.38. The minimum atomic E-state index is -0.784. The lowest BCUT2D eigenvalue weighted by Crippen LogP contribution is -2.40. The molecule has 232 valence electrons. The Labute approximate surface area is 288 Å². The van der Waals surface area contributed by atoms with Crippen molar-refractivity contribution in [2.45, 2.75) is 19.6 Å². The first-order valence-electron chi connectivity index (χ1n) is 14.5. The van der Waals surface area contributed by atoms with Gasteiger partial charge in [-0.25, -0.2) is 9.79 Å². The van der Waals surface area contributed by atoms with Crippen molar-refractivity contribution in [3.63, 3.8) is 0 Å². The molecule has 7 nitrogen and oxygen atoms in total. The number of methoxy groups -OCH3 is 1. The zero-order valence-electron chi connectivity index (χ0n) is 24.9. The van der Waals surface area contributed by atoms with Gasteiger partial charge >= 0.3 is 5.97 Å². The highest BCUT2D eigenvalue weighted by Gasteiger charge is 2.35. The van der Waals surface area contributed by atoms with Gasteiger partial charge in [0, 0.05) is 10.6 Å². The van der Waals surface area contributed by atoms with E-state index in [9.17, 15) is 9.59 Å². The van der Waals surface area contributed by atoms with Gasteiger partial charge in [-0.1, -0.05) is 95.7 Å². The van der Waals surface area contributed by atoms with Crippen molar-refractivity contribution in [2.75, 3.05) is 13.7 Å². The molecule has 0 bridgehead atoms. The maximum atomic E-state index is 14.2. The monoisotopic (exact) mass is 762 g/mol. The number of benzene rings is 4. The van der Waals surface area contributed by atoms with E-state index in [0.717, 1.165) is 20.3 Å². The SMILES string of the molecule is CCOC(=O)C1=C(c2ccccc2)N=c2s/c(=C\c3cc(I)c(OCc4ccccc4)c(OC)c3)c(=O)n2C1c1ccc(Cl)cc1. The fraction of sp³-hybridized carbons (Fsp3) is 0.139. The molecule has 0 aliphatic carbocycles. The lowest BCUT2D eigenvalue weighted by molar-refractivity contribution is -0.138. The number of halogens is 2. The van der Waals surface area contributed by atoms with Crippen molar-refractivity contribution in [3.8, 4) is 11.5 Å². The number of carbonyl (C=O) groups excluding carboxylic acids is 1. The van der Waals surface area contributed by atoms with E-state index >= 15 is 0 Å². The number of hydrogen-bond acceptors (Lipinski definition) is 7. The number of fused-ring (bicyclic) bond motifs is 1. The summed E-state index contributed by atoms with van der Waals surface area (Å²) >= 11 is 9.71. The summed E-state index contributed by atoms with van der Waals surface area (Å²) in [5.41, 5.74) is 3.71. The number of ether oxygens (including phenoxy) is 3. The van der Waals surface area contributed by atoms with E-state index in [4.69, 9.17) is 30.8 Å². The van der Waals surface area contributed by atoms with Crippen LogP contribution in [0.3, 0.4) is 0 Å². The van der Waals surface area contributed by atoms with Crippen LogP contribution in [0, 0.1) is 3.57 Å². The highest BCUT2D eigenvalue weighted by atomic mass is 127. The summed E-state index contributed by atoms with van der Waals surface area (Å²) in [6.07, 6.45) is 1.81. The maximum absolute atomic E-state index is 14.2. The molecule has 0 saturated carbocycles. The molecule has 2 heterocycles. The van der Waals surface area contributed by atoms with Crippen LogP contribution >= 0.6 is 45.5 Å². The molecule has 0 radical (unpaired) electrons. The molecule has 5 aromatic rings. The quantitative estimate of drug-likeness (QED) is 0.122. The van der Waals surface area contributed by atoms with Gasteiger partial charge in [0.2, 0.25) is 0 Å². The zero-order valence-corrected chi connectivity index (χ0v) is 28.6. The smallest absolute Gasteiger partial charge is 0.338 e. The Morgan fingerprint density at radius 3 is 2.39 bits per heavy atom. The second-order valence-corrected chi connectivity index (χ2v) is 12.9. The van der Waals surface area contributed by atoms with E-state index in [0.29, 0.717) is 43.7 Å². The van der Waals surface area contributed by atoms with Crippen LogP contribution in [0.2, 0.25) is 5.02 Å². The molecule has 1 unspecified atom stereocenters. The second-order valence-electron chi connectivity index (χ2n) is 10.3. The molecule has 10 heteroatoms. The molecule has 0 amide bonds. The summed E-state index contributed by atoms with van der Waals surface area (Å²) in [5.74, 6) is 0.640. The predicted molar refractivity (Wildman–Crippen MR) is 189 cm³/mol. The normalized spacial score (nSPS) is 14.4. The van der Waals surface area contributed by atoms with Crippen LogP contribution in [0.1, 0.15) is 35.2 Å². The Morgan fingerprint density at radius 1 is 1.02 bits per heavy atom. The van der Waals surface area contributed by atoms with Gasteiger partial charge < -0.3 is 14.2 Å². The summed E-state index contributed by atoms with van der Waals surface area (Å²) in [6.45, 7) is 2.32. The lowest BCUT2D eigenvalue weighted by atomic mass is 9.93. The van der Waals surface area contributed by atoms with Crippen LogP contribution in [-0.4, -0.2) is 24.3 Å². The minimum Gasteiger partial charge on any atom is -0.493 e. The van der Waals surface area contributed by atoms with E-state index in [-0.39, 0.29) is 17.7 Å². The molecule has 0 fully saturated rings. The molecule has 46 heavy (non-hydrogen) atoms. The van der Waals surface area contributed by atoms with E-state index in [2.05, 4.69) is 22.6 Å². The number of esters is 1. The fourth-order valence-electron chi connectivity index (χ4n) is 5.25. The predicted octanol–water partition coefficient (Wildman–Crippen LogP) is 6.78. The first-order valence-corrected chi connectivity index (χ1v) is 16.7. The molecule has 1 aromatic heterocycles. The molecule has 0 spiro atoms. The van der Waals surface area contributed by atoms with Crippen LogP contribution in [-0.2, 0) is 16.1 Å². The zero-order chi connectivity index (χ0) is 32.2. The highest BCUT2D eigenvalue weighted by Crippen LogP contribution is 2.36. The maximum Gasteiger partial charge on any atom is 0.338 e. The molecule has 4 aromatic carbocycles. The van der Waals surface area contributed by atoms with Crippen molar-refractivity contribution in [3.05, 3.63) is 153 Å². The van der Waals surface area contributed by atoms with E-state index in [1.807, 2.05) is 91.0 Å². The molecule has 1 atom stereocenters. The largest absolute Gasteiger partial charge is 0.493 e. The fourth-order valence-corrected chi connectivity index (χ4v) is 7.15. The Balaban J connectivity index is 1.50. The topological polar surface area (TPSA) is 79.1 Å². The molecule has 1 aliphatic rings. The summed E-state index contributed by atoms with van der Waals surface area (Å²) in [6, 6.07) is 29.5. The highest BCUT2D eigenvalue weighted by molar-refractivity contribution is 14.1. The van der Waals surface area contributed by atoms with Gasteiger partial charge in [0.25, 0.3) is 5.56 Å². The number of aromatic nitrogens is 1. The van der Waals surface area contributed by atoms with Crippen LogP contribution < -0.4 is 24.4 Å². The summed E-state index contributed by atoms with van der Waals surface area (Å²) in [7, 11) is 1.59. The third-order valence-corrected chi connectivity index (χ3v) is 9.37. The van der Waals surface area contributed by atoms with Gasteiger partial charge in [-0.15, -0.1) is 0 Å². The van der Waals surface area contributed by atoms with Crippen molar-refractivity contribution in [1.82, 2.24) is 4.57 Å². The van der Waals surface area contributed by atoms with Crippen LogP contribution in [0.5, 0.6) is 11.5 Å². The van der Waals surface area contributed by atoms with Gasteiger partial charge in [-0.05, 0) is 76.5 Å². The molecular formula is C36H28ClIN2O5S. The van der Waals surface area contributed by atoms with Crippen molar-refractivity contribution in [2.24, 2.45) is 4.99 Å². The standard InChI is InChI=1S/C36H28ClIN2O5S/c1-3-44-35(42)30-31(24-12-8-5-9-13-24)39-36-40(32(30)25-14-16-26(37)17-15-25)34(41)29(46-36)20-23-18-27(38)33(28(19-23)43-2)45-21-22-10-6-4-7-11-22/h4-20,32H,3,21H2,1-2H3/b29-20-. The van der Waals surface area contributed by atoms with Crippen molar-refractivity contribution < 1.29 is 19.0 Å². The van der Waals surface area contributed by atoms with Crippen LogP contribution in [0.25, 0.3) is 11.8 Å². The minimum absolute atomic E-state index is 0.174. The van der Waals surface area contributed by atoms with Crippen LogP contribution in [0.4, 0.5) is 0 Å². The third-order valence-electron chi connectivity index (χ3n) is 7.33. The number of hydrogen-bond donors (Lipinski definition) is 0. The molecule has 0 saturated heterocycles. The number of rotatable bonds is 9. The first kappa shape index (κ1) is 31.8. The Kier molecular flexibility index (Phi) is 9.72. The molecular weight excluding hydrogens is 735 g/mol. The Hall–Kier alpha value is -4.19. The Bertz CT molecular complexity index is 2110. The van der Waals surface area contributed by atoms with Gasteiger partial charge in [-0.2, -0.15) is 0 Å². The van der Waals surface area contributed by atoms with Gasteiger partial charge in [-0.3, -0.25) is 9.36 Å². The van der Waals surface area contributed by atoms with E-state index in [1.54, 1.807) is 30.7 Å². The average molecular weight is 763 g/mol. The number of nitrogens with zero attached hydrogens (tertiary/aromatic N) is 2. The first-order chi connectivity index (χ1) is 22.4. The van der Waals surface area contributed by atoms with Crippen LogP contribution in [0.15, 0.2) is 112 Å². The van der Waals surface area contributed by atoms with Crippen molar-refractivity contribution >= 4 is 63.3 Å². The molecule has 0 N–H and O–H groups in total.